The van der Waals surface area contributed by atoms with E-state index >= 15 is 0 Å². The van der Waals surface area contributed by atoms with E-state index in [4.69, 9.17) is 0 Å². The van der Waals surface area contributed by atoms with Gasteiger partial charge in [-0.25, -0.2) is 0 Å². The molecule has 2 rings (SSSR count). The van der Waals surface area contributed by atoms with Crippen LogP contribution in [-0.4, -0.2) is 24.0 Å². The quantitative estimate of drug-likeness (QED) is 0.648. The summed E-state index contributed by atoms with van der Waals surface area (Å²) in [7, 11) is 0. The van der Waals surface area contributed by atoms with Crippen LogP contribution in [0.5, 0.6) is 0 Å². The maximum atomic E-state index is 2.76. The first-order valence-corrected chi connectivity index (χ1v) is 8.27. The smallest absolute Gasteiger partial charge is 0.00959 e. The fraction of sp³-hybridized carbons (Fsp3) is 1.00. The Bertz CT molecular complexity index is 304. The Morgan fingerprint density at radius 3 is 1.74 bits per heavy atom. The molecule has 2 fully saturated rings. The lowest BCUT2D eigenvalue weighted by atomic mass is 9.59. The highest BCUT2D eigenvalue weighted by Gasteiger charge is 2.44. The van der Waals surface area contributed by atoms with Crippen LogP contribution >= 0.6 is 0 Å². The Labute approximate surface area is 121 Å². The van der Waals surface area contributed by atoms with Crippen LogP contribution in [0.4, 0.5) is 0 Å². The van der Waals surface area contributed by atoms with Gasteiger partial charge >= 0.3 is 0 Å². The topological polar surface area (TPSA) is 3.24 Å². The minimum absolute atomic E-state index is 0.459. The Kier molecular flexibility index (Phi) is 3.84. The molecule has 1 aliphatic heterocycles. The van der Waals surface area contributed by atoms with Crippen molar-refractivity contribution < 1.29 is 0 Å². The van der Waals surface area contributed by atoms with Crippen molar-refractivity contribution in [1.82, 2.24) is 4.90 Å². The second-order valence-corrected chi connectivity index (χ2v) is 9.56. The van der Waals surface area contributed by atoms with Gasteiger partial charge in [0.05, 0.1) is 0 Å². The zero-order valence-electron chi connectivity index (χ0n) is 14.3. The van der Waals surface area contributed by atoms with Crippen LogP contribution in [0.25, 0.3) is 0 Å². The van der Waals surface area contributed by atoms with Crippen molar-refractivity contribution in [3.05, 3.63) is 0 Å². The van der Waals surface area contributed by atoms with Crippen LogP contribution in [0, 0.1) is 22.2 Å². The SMILES string of the molecule is CC(C)(C)C1CN(C2CCC(C)(C(C)(C)C)CC2)C1. The minimum atomic E-state index is 0.459. The molecular formula is C18H35N. The third-order valence-electron chi connectivity index (χ3n) is 6.52. The third kappa shape index (κ3) is 3.01. The Hall–Kier alpha value is -0.0400. The molecule has 1 aliphatic carbocycles. The lowest BCUT2D eigenvalue weighted by Crippen LogP contribution is -2.57. The largest absolute Gasteiger partial charge is 0.300 e. The molecule has 2 aliphatic rings. The van der Waals surface area contributed by atoms with Crippen LogP contribution in [-0.2, 0) is 0 Å². The maximum absolute atomic E-state index is 2.76. The molecular weight excluding hydrogens is 230 g/mol. The normalized spacial score (nSPS) is 35.2. The summed E-state index contributed by atoms with van der Waals surface area (Å²) in [6.07, 6.45) is 5.67. The van der Waals surface area contributed by atoms with E-state index in [9.17, 15) is 0 Å². The second kappa shape index (κ2) is 4.76. The lowest BCUT2D eigenvalue weighted by Gasteiger charge is -2.54. The number of rotatable bonds is 1. The zero-order chi connectivity index (χ0) is 14.5. The molecule has 112 valence electrons. The van der Waals surface area contributed by atoms with Crippen LogP contribution in [0.1, 0.15) is 74.1 Å². The number of nitrogens with zero attached hydrogens (tertiary/aromatic N) is 1. The molecule has 0 radical (unpaired) electrons. The molecule has 0 bridgehead atoms. The summed E-state index contributed by atoms with van der Waals surface area (Å²) in [4.78, 5) is 2.76. The molecule has 19 heavy (non-hydrogen) atoms. The van der Waals surface area contributed by atoms with Crippen molar-refractivity contribution in [1.29, 1.82) is 0 Å². The molecule has 0 atom stereocenters. The standard InChI is InChI=1S/C18H35N/c1-16(2,3)14-12-19(13-14)15-8-10-18(7,11-9-15)17(4,5)6/h14-15H,8-13H2,1-7H3. The third-order valence-corrected chi connectivity index (χ3v) is 6.52. The highest BCUT2D eigenvalue weighted by Crippen LogP contribution is 2.50. The molecule has 0 N–H and O–H groups in total. The van der Waals surface area contributed by atoms with Crippen molar-refractivity contribution in [3.8, 4) is 0 Å². The first-order chi connectivity index (χ1) is 8.53. The highest BCUT2D eigenvalue weighted by molar-refractivity contribution is 4.97. The predicted octanol–water partition coefficient (Wildman–Crippen LogP) is 4.96. The fourth-order valence-electron chi connectivity index (χ4n) is 3.71. The van der Waals surface area contributed by atoms with Gasteiger partial charge in [0.15, 0.2) is 0 Å². The van der Waals surface area contributed by atoms with Crippen LogP contribution in [0.2, 0.25) is 0 Å². The van der Waals surface area contributed by atoms with Gasteiger partial charge in [0.1, 0.15) is 0 Å². The summed E-state index contributed by atoms with van der Waals surface area (Å²) in [6, 6.07) is 0.883. The molecule has 1 nitrogen and oxygen atoms in total. The summed E-state index contributed by atoms with van der Waals surface area (Å²) >= 11 is 0. The van der Waals surface area contributed by atoms with Crippen molar-refractivity contribution >= 4 is 0 Å². The van der Waals surface area contributed by atoms with E-state index < -0.39 is 0 Å². The number of hydrogen-bond acceptors (Lipinski definition) is 1. The van der Waals surface area contributed by atoms with Crippen molar-refractivity contribution in [2.75, 3.05) is 13.1 Å². The Morgan fingerprint density at radius 1 is 0.895 bits per heavy atom. The van der Waals surface area contributed by atoms with Crippen LogP contribution in [0.3, 0.4) is 0 Å². The molecule has 0 spiro atoms. The van der Waals surface area contributed by atoms with Gasteiger partial charge in [0.25, 0.3) is 0 Å². The second-order valence-electron chi connectivity index (χ2n) is 9.56. The van der Waals surface area contributed by atoms with E-state index in [1.54, 1.807) is 0 Å². The number of hydrogen-bond donors (Lipinski definition) is 0. The molecule has 0 aromatic rings. The highest BCUT2D eigenvalue weighted by atomic mass is 15.2. The zero-order valence-corrected chi connectivity index (χ0v) is 14.3. The van der Waals surface area contributed by atoms with Crippen LogP contribution in [0.15, 0.2) is 0 Å². The molecule has 0 unspecified atom stereocenters. The first-order valence-electron chi connectivity index (χ1n) is 8.27. The molecule has 0 amide bonds. The summed E-state index contributed by atoms with van der Waals surface area (Å²) < 4.78 is 0. The fourth-order valence-corrected chi connectivity index (χ4v) is 3.71. The van der Waals surface area contributed by atoms with Crippen molar-refractivity contribution in [2.24, 2.45) is 22.2 Å². The van der Waals surface area contributed by atoms with E-state index in [1.165, 1.54) is 38.8 Å². The average molecular weight is 265 g/mol. The van der Waals surface area contributed by atoms with Gasteiger partial charge in [-0.3, -0.25) is 4.90 Å². The summed E-state index contributed by atoms with van der Waals surface area (Å²) in [5.41, 5.74) is 1.52. The molecule has 1 heterocycles. The van der Waals surface area contributed by atoms with E-state index in [1.807, 2.05) is 0 Å². The van der Waals surface area contributed by atoms with Gasteiger partial charge in [-0.1, -0.05) is 48.5 Å². The van der Waals surface area contributed by atoms with E-state index in [-0.39, 0.29) is 0 Å². The lowest BCUT2D eigenvalue weighted by molar-refractivity contribution is -0.0453. The minimum Gasteiger partial charge on any atom is -0.300 e. The summed E-state index contributed by atoms with van der Waals surface area (Å²) in [6.45, 7) is 19.7. The molecule has 1 saturated heterocycles. The van der Waals surface area contributed by atoms with Gasteiger partial charge in [0, 0.05) is 19.1 Å². The Balaban J connectivity index is 1.83. The van der Waals surface area contributed by atoms with E-state index in [2.05, 4.69) is 53.4 Å². The average Bonchev–Trinajstić information content (AvgIpc) is 2.15. The van der Waals surface area contributed by atoms with Gasteiger partial charge < -0.3 is 0 Å². The van der Waals surface area contributed by atoms with E-state index in [0.717, 1.165) is 12.0 Å². The maximum Gasteiger partial charge on any atom is 0.00959 e. The van der Waals surface area contributed by atoms with Crippen molar-refractivity contribution in [3.63, 3.8) is 0 Å². The summed E-state index contributed by atoms with van der Waals surface area (Å²) in [5.74, 6) is 0.920. The van der Waals surface area contributed by atoms with Gasteiger partial charge in [-0.15, -0.1) is 0 Å². The van der Waals surface area contributed by atoms with Crippen LogP contribution < -0.4 is 0 Å². The van der Waals surface area contributed by atoms with Gasteiger partial charge in [0.2, 0.25) is 0 Å². The molecule has 0 aromatic carbocycles. The van der Waals surface area contributed by atoms with Gasteiger partial charge in [-0.05, 0) is 47.8 Å². The van der Waals surface area contributed by atoms with E-state index in [0.29, 0.717) is 16.2 Å². The van der Waals surface area contributed by atoms with Gasteiger partial charge in [-0.2, -0.15) is 0 Å². The number of likely N-dealkylation sites (tertiary alicyclic amines) is 1. The predicted molar refractivity (Wildman–Crippen MR) is 84.3 cm³/mol. The van der Waals surface area contributed by atoms with Crippen molar-refractivity contribution in [2.45, 2.75) is 80.2 Å². The monoisotopic (exact) mass is 265 g/mol. The molecule has 1 saturated carbocycles. The molecule has 1 heteroatoms. The summed E-state index contributed by atoms with van der Waals surface area (Å²) in [5, 5.41) is 0. The Morgan fingerprint density at radius 2 is 1.37 bits per heavy atom. The molecule has 0 aromatic heterocycles. The first kappa shape index (κ1) is 15.4.